The van der Waals surface area contributed by atoms with Crippen molar-refractivity contribution < 1.29 is 18.3 Å². The molecule has 3 nitrogen and oxygen atoms in total. The fraction of sp³-hybridized carbons (Fsp3) is 0.235. The number of nitrogens with zero attached hydrogens (tertiary/aromatic N) is 1. The number of ether oxygens (including phenoxy) is 1. The largest absolute Gasteiger partial charge is 0.482 e. The predicted molar refractivity (Wildman–Crippen MR) is 89.5 cm³/mol. The van der Waals surface area contributed by atoms with Crippen LogP contribution in [0.1, 0.15) is 18.5 Å². The third kappa shape index (κ3) is 4.36. The van der Waals surface area contributed by atoms with E-state index in [1.165, 1.54) is 17.0 Å². The summed E-state index contributed by atoms with van der Waals surface area (Å²) in [5.74, 6) is -1.93. The lowest BCUT2D eigenvalue weighted by atomic mass is 10.1. The van der Waals surface area contributed by atoms with Gasteiger partial charge in [-0.3, -0.25) is 4.79 Å². The second-order valence-electron chi connectivity index (χ2n) is 5.22. The number of likely N-dealkylation sites (N-methyl/N-ethyl adjacent to an activating group) is 1. The molecular formula is C17H15Cl2F2NO2. The van der Waals surface area contributed by atoms with Crippen molar-refractivity contribution >= 4 is 29.1 Å². The predicted octanol–water partition coefficient (Wildman–Crippen LogP) is 4.87. The highest BCUT2D eigenvalue weighted by atomic mass is 35.5. The number of hydrogen-bond acceptors (Lipinski definition) is 2. The highest BCUT2D eigenvalue weighted by molar-refractivity contribution is 6.34. The quantitative estimate of drug-likeness (QED) is 0.747. The maximum atomic E-state index is 13.3. The zero-order chi connectivity index (χ0) is 17.9. The first-order valence-electron chi connectivity index (χ1n) is 7.08. The van der Waals surface area contributed by atoms with Crippen molar-refractivity contribution in [3.8, 4) is 5.75 Å². The van der Waals surface area contributed by atoms with E-state index in [1.807, 2.05) is 0 Å². The second kappa shape index (κ2) is 7.81. The highest BCUT2D eigenvalue weighted by Crippen LogP contribution is 2.28. The number of carbonyl (C=O) groups is 1. The maximum Gasteiger partial charge on any atom is 0.260 e. The number of carbonyl (C=O) groups excluding carboxylic acids is 1. The highest BCUT2D eigenvalue weighted by Gasteiger charge is 2.19. The summed E-state index contributed by atoms with van der Waals surface area (Å²) in [6.45, 7) is 1.45. The van der Waals surface area contributed by atoms with Crippen LogP contribution in [0.15, 0.2) is 36.4 Å². The van der Waals surface area contributed by atoms with E-state index in [2.05, 4.69) is 0 Å². The third-order valence-corrected chi connectivity index (χ3v) is 4.19. The summed E-state index contributed by atoms with van der Waals surface area (Å²) in [5.41, 5.74) is 0.477. The Hall–Kier alpha value is -1.85. The van der Waals surface area contributed by atoms with Crippen LogP contribution in [0.2, 0.25) is 10.0 Å². The van der Waals surface area contributed by atoms with Gasteiger partial charge < -0.3 is 9.64 Å². The molecule has 1 amide bonds. The van der Waals surface area contributed by atoms with E-state index in [0.717, 1.165) is 12.1 Å². The number of hydrogen-bond donors (Lipinski definition) is 0. The topological polar surface area (TPSA) is 29.5 Å². The average molecular weight is 374 g/mol. The van der Waals surface area contributed by atoms with Gasteiger partial charge in [-0.05, 0) is 36.8 Å². The molecule has 0 saturated heterocycles. The summed E-state index contributed by atoms with van der Waals surface area (Å²) >= 11 is 11.8. The average Bonchev–Trinajstić information content (AvgIpc) is 2.56. The van der Waals surface area contributed by atoms with Gasteiger partial charge >= 0.3 is 0 Å². The monoisotopic (exact) mass is 373 g/mol. The molecule has 0 fully saturated rings. The van der Waals surface area contributed by atoms with Gasteiger partial charge in [-0.2, -0.15) is 0 Å². The molecule has 0 aliphatic carbocycles. The molecule has 1 atom stereocenters. The molecule has 2 rings (SSSR count). The van der Waals surface area contributed by atoms with Crippen molar-refractivity contribution in [1.82, 2.24) is 4.90 Å². The Morgan fingerprint density at radius 1 is 1.17 bits per heavy atom. The van der Waals surface area contributed by atoms with E-state index in [4.69, 9.17) is 27.9 Å². The van der Waals surface area contributed by atoms with Crippen LogP contribution < -0.4 is 4.74 Å². The number of benzene rings is 2. The smallest absolute Gasteiger partial charge is 0.260 e. The second-order valence-corrected chi connectivity index (χ2v) is 6.06. The molecule has 2 aromatic carbocycles. The molecule has 0 N–H and O–H groups in total. The molecule has 24 heavy (non-hydrogen) atoms. The first kappa shape index (κ1) is 18.5. The van der Waals surface area contributed by atoms with Gasteiger partial charge in [0, 0.05) is 18.1 Å². The van der Waals surface area contributed by atoms with Gasteiger partial charge in [0.15, 0.2) is 18.2 Å². The summed E-state index contributed by atoms with van der Waals surface area (Å²) in [5, 5.41) is 0.772. The zero-order valence-corrected chi connectivity index (χ0v) is 14.5. The molecule has 0 bridgehead atoms. The van der Waals surface area contributed by atoms with Crippen molar-refractivity contribution in [3.05, 3.63) is 63.6 Å². The normalized spacial score (nSPS) is 11.9. The zero-order valence-electron chi connectivity index (χ0n) is 13.0. The lowest BCUT2D eigenvalue weighted by Gasteiger charge is -2.25. The van der Waals surface area contributed by atoms with Crippen LogP contribution in [0.5, 0.6) is 5.75 Å². The van der Waals surface area contributed by atoms with Crippen molar-refractivity contribution in [1.29, 1.82) is 0 Å². The molecule has 7 heteroatoms. The summed E-state index contributed by atoms with van der Waals surface area (Å²) in [6.07, 6.45) is 0. The van der Waals surface area contributed by atoms with Crippen molar-refractivity contribution in [3.63, 3.8) is 0 Å². The Morgan fingerprint density at radius 3 is 2.54 bits per heavy atom. The first-order valence-corrected chi connectivity index (χ1v) is 7.83. The van der Waals surface area contributed by atoms with Crippen LogP contribution in [0.3, 0.4) is 0 Å². The summed E-state index contributed by atoms with van der Waals surface area (Å²) in [4.78, 5) is 13.6. The van der Waals surface area contributed by atoms with Gasteiger partial charge in [0.25, 0.3) is 5.91 Å². The van der Waals surface area contributed by atoms with Crippen molar-refractivity contribution in [2.24, 2.45) is 0 Å². The minimum absolute atomic E-state index is 0.259. The first-order chi connectivity index (χ1) is 11.3. The van der Waals surface area contributed by atoms with E-state index in [0.29, 0.717) is 21.4 Å². The van der Waals surface area contributed by atoms with Gasteiger partial charge in [0.05, 0.1) is 11.1 Å². The molecule has 0 aliphatic rings. The molecule has 0 radical (unpaired) electrons. The number of rotatable bonds is 5. The molecule has 0 saturated carbocycles. The van der Waals surface area contributed by atoms with E-state index < -0.39 is 17.7 Å². The molecule has 2 aromatic rings. The summed E-state index contributed by atoms with van der Waals surface area (Å²) < 4.78 is 31.7. The minimum atomic E-state index is -0.956. The molecule has 0 aromatic heterocycles. The van der Waals surface area contributed by atoms with Crippen LogP contribution in [-0.4, -0.2) is 24.5 Å². The minimum Gasteiger partial charge on any atom is -0.482 e. The fourth-order valence-corrected chi connectivity index (χ4v) is 2.38. The van der Waals surface area contributed by atoms with E-state index in [9.17, 15) is 13.6 Å². The van der Waals surface area contributed by atoms with Crippen LogP contribution in [-0.2, 0) is 4.79 Å². The van der Waals surface area contributed by atoms with E-state index in [1.54, 1.807) is 26.1 Å². The van der Waals surface area contributed by atoms with Crippen molar-refractivity contribution in [2.45, 2.75) is 13.0 Å². The van der Waals surface area contributed by atoms with E-state index in [-0.39, 0.29) is 12.5 Å². The molecule has 1 unspecified atom stereocenters. The molecule has 128 valence electrons. The van der Waals surface area contributed by atoms with Crippen LogP contribution in [0, 0.1) is 11.6 Å². The van der Waals surface area contributed by atoms with Gasteiger partial charge in [0.1, 0.15) is 5.75 Å². The number of amides is 1. The SMILES string of the molecule is CC(c1ccc(F)c(F)c1)N(C)C(=O)COc1cc(Cl)ccc1Cl. The van der Waals surface area contributed by atoms with Gasteiger partial charge in [0.2, 0.25) is 0 Å². The lowest BCUT2D eigenvalue weighted by Crippen LogP contribution is -2.33. The van der Waals surface area contributed by atoms with E-state index >= 15 is 0 Å². The Labute approximate surface area is 148 Å². The van der Waals surface area contributed by atoms with Gasteiger partial charge in [-0.25, -0.2) is 8.78 Å². The summed E-state index contributed by atoms with van der Waals surface area (Å²) in [6, 6.07) is 7.76. The van der Waals surface area contributed by atoms with Crippen LogP contribution in [0.25, 0.3) is 0 Å². The standard InChI is InChI=1S/C17H15Cl2F2NO2/c1-10(11-3-6-14(20)15(21)7-11)22(2)17(23)9-24-16-8-12(18)4-5-13(16)19/h3-8,10H,9H2,1-2H3. The number of halogens is 4. The Balaban J connectivity index is 2.03. The van der Waals surface area contributed by atoms with Crippen molar-refractivity contribution in [2.75, 3.05) is 13.7 Å². The Morgan fingerprint density at radius 2 is 1.88 bits per heavy atom. The van der Waals surface area contributed by atoms with Crippen LogP contribution >= 0.6 is 23.2 Å². The molecule has 0 aliphatic heterocycles. The lowest BCUT2D eigenvalue weighted by molar-refractivity contribution is -0.134. The molecule has 0 heterocycles. The van der Waals surface area contributed by atoms with Gasteiger partial charge in [-0.1, -0.05) is 29.3 Å². The van der Waals surface area contributed by atoms with Gasteiger partial charge in [-0.15, -0.1) is 0 Å². The summed E-state index contributed by atoms with van der Waals surface area (Å²) in [7, 11) is 1.55. The Kier molecular flexibility index (Phi) is 6.02. The third-order valence-electron chi connectivity index (χ3n) is 3.64. The maximum absolute atomic E-state index is 13.3. The molecular weight excluding hydrogens is 359 g/mol. The molecule has 0 spiro atoms. The fourth-order valence-electron chi connectivity index (χ4n) is 2.04. The van der Waals surface area contributed by atoms with Crippen LogP contribution in [0.4, 0.5) is 8.78 Å². The Bertz CT molecular complexity index is 755.